The number of amides is 2. The number of benzene rings is 1. The lowest BCUT2D eigenvalue weighted by molar-refractivity contribution is 0.0963. The van der Waals surface area contributed by atoms with Gasteiger partial charge in [-0.25, -0.2) is 0 Å². The minimum absolute atomic E-state index is 0.159. The van der Waals surface area contributed by atoms with E-state index in [1.54, 1.807) is 38.0 Å². The van der Waals surface area contributed by atoms with Crippen molar-refractivity contribution in [2.45, 2.75) is 6.92 Å². The highest BCUT2D eigenvalue weighted by molar-refractivity contribution is 6.11. The van der Waals surface area contributed by atoms with Gasteiger partial charge >= 0.3 is 0 Å². The maximum Gasteiger partial charge on any atom is 0.260 e. The number of carbonyl (C=O) groups is 2. The molecule has 2 amide bonds. The maximum atomic E-state index is 12.9. The van der Waals surface area contributed by atoms with E-state index in [4.69, 9.17) is 4.74 Å². The van der Waals surface area contributed by atoms with Gasteiger partial charge in [-0.3, -0.25) is 19.4 Å². The molecule has 0 spiro atoms. The van der Waals surface area contributed by atoms with E-state index >= 15 is 0 Å². The number of nitrogens with zero attached hydrogens (tertiary/aromatic N) is 3. The average Bonchev–Trinajstić information content (AvgIpc) is 3.23. The lowest BCUT2D eigenvalue weighted by Gasteiger charge is -2.08. The largest absolute Gasteiger partial charge is 0.496 e. The number of aromatic amines is 1. The van der Waals surface area contributed by atoms with Gasteiger partial charge in [-0.2, -0.15) is 10.2 Å². The summed E-state index contributed by atoms with van der Waals surface area (Å²) >= 11 is 0. The van der Waals surface area contributed by atoms with Crippen LogP contribution in [0, 0.1) is 6.92 Å². The van der Waals surface area contributed by atoms with Crippen LogP contribution in [0.4, 0.5) is 5.82 Å². The molecule has 0 atom stereocenters. The van der Waals surface area contributed by atoms with E-state index in [2.05, 4.69) is 25.9 Å². The van der Waals surface area contributed by atoms with Gasteiger partial charge in [0.1, 0.15) is 17.0 Å². The Hall–Kier alpha value is -3.62. The summed E-state index contributed by atoms with van der Waals surface area (Å²) in [4.78, 5) is 25.0. The Kier molecular flexibility index (Phi) is 4.93. The number of H-pyrrole nitrogens is 1. The molecule has 0 bridgehead atoms. The second-order valence-corrected chi connectivity index (χ2v) is 5.87. The Labute approximate surface area is 155 Å². The lowest BCUT2D eigenvalue weighted by atomic mass is 10.1. The number of carbonyl (C=O) groups excluding carboxylic acids is 2. The van der Waals surface area contributed by atoms with Crippen molar-refractivity contribution in [3.63, 3.8) is 0 Å². The number of aryl methyl sites for hydroxylation is 2. The first-order valence-electron chi connectivity index (χ1n) is 8.21. The van der Waals surface area contributed by atoms with E-state index in [-0.39, 0.29) is 17.3 Å². The van der Waals surface area contributed by atoms with Gasteiger partial charge in [-0.05, 0) is 19.1 Å². The van der Waals surface area contributed by atoms with Crippen LogP contribution in [0.25, 0.3) is 11.3 Å². The van der Waals surface area contributed by atoms with Crippen LogP contribution in [0.2, 0.25) is 0 Å². The highest BCUT2D eigenvalue weighted by Crippen LogP contribution is 2.31. The third-order valence-electron chi connectivity index (χ3n) is 4.07. The van der Waals surface area contributed by atoms with Crippen LogP contribution in [0.15, 0.2) is 30.5 Å². The van der Waals surface area contributed by atoms with Crippen molar-refractivity contribution in [1.29, 1.82) is 0 Å². The molecule has 0 fully saturated rings. The number of aromatic nitrogens is 4. The van der Waals surface area contributed by atoms with Gasteiger partial charge in [0, 0.05) is 31.5 Å². The van der Waals surface area contributed by atoms with E-state index in [0.717, 1.165) is 0 Å². The highest BCUT2D eigenvalue weighted by Gasteiger charge is 2.23. The summed E-state index contributed by atoms with van der Waals surface area (Å²) in [6.07, 6.45) is 1.61. The number of nitrogens with one attached hydrogen (secondary N) is 3. The third kappa shape index (κ3) is 3.39. The fraction of sp³-hybridized carbons (Fsp3) is 0.222. The summed E-state index contributed by atoms with van der Waals surface area (Å²) in [5.41, 5.74) is 2.34. The van der Waals surface area contributed by atoms with Crippen LogP contribution < -0.4 is 15.4 Å². The summed E-state index contributed by atoms with van der Waals surface area (Å²) in [5, 5.41) is 16.4. The molecule has 27 heavy (non-hydrogen) atoms. The van der Waals surface area contributed by atoms with Gasteiger partial charge in [-0.1, -0.05) is 12.1 Å². The Morgan fingerprint density at radius 2 is 1.96 bits per heavy atom. The first kappa shape index (κ1) is 18.2. The first-order valence-corrected chi connectivity index (χ1v) is 8.21. The minimum Gasteiger partial charge on any atom is -0.496 e. The number of anilines is 1. The fourth-order valence-corrected chi connectivity index (χ4v) is 2.79. The average molecular weight is 368 g/mol. The van der Waals surface area contributed by atoms with Crippen molar-refractivity contribution in [3.05, 3.63) is 47.3 Å². The molecule has 0 saturated carbocycles. The van der Waals surface area contributed by atoms with Gasteiger partial charge < -0.3 is 15.4 Å². The molecule has 0 unspecified atom stereocenters. The predicted molar refractivity (Wildman–Crippen MR) is 99.9 cm³/mol. The van der Waals surface area contributed by atoms with Gasteiger partial charge in [0.25, 0.3) is 11.8 Å². The number of ether oxygens (including phenoxy) is 1. The quantitative estimate of drug-likeness (QED) is 0.635. The van der Waals surface area contributed by atoms with Crippen LogP contribution in [-0.2, 0) is 7.05 Å². The molecule has 1 aromatic carbocycles. The molecular formula is C18H20N6O3. The zero-order chi connectivity index (χ0) is 19.6. The second kappa shape index (κ2) is 7.32. The van der Waals surface area contributed by atoms with Crippen LogP contribution in [0.3, 0.4) is 0 Å². The van der Waals surface area contributed by atoms with Crippen LogP contribution >= 0.6 is 0 Å². The van der Waals surface area contributed by atoms with Gasteiger partial charge in [0.05, 0.1) is 12.7 Å². The number of hydrogen-bond acceptors (Lipinski definition) is 5. The highest BCUT2D eigenvalue weighted by atomic mass is 16.5. The zero-order valence-corrected chi connectivity index (χ0v) is 15.5. The number of hydrogen-bond donors (Lipinski definition) is 3. The van der Waals surface area contributed by atoms with E-state index < -0.39 is 5.91 Å². The standard InChI is InChI=1S/C18H20N6O3/c1-10-14(18(26)19-2)16(22-21-10)20-17(25)12-9-24(3)23-15(12)11-7-5-6-8-13(11)27-4/h5-9H,1-4H3,(H,19,26)(H2,20,21,22,25). The van der Waals surface area contributed by atoms with Gasteiger partial charge in [-0.15, -0.1) is 0 Å². The van der Waals surface area contributed by atoms with Crippen molar-refractivity contribution in [2.24, 2.45) is 7.05 Å². The van der Waals surface area contributed by atoms with Crippen molar-refractivity contribution < 1.29 is 14.3 Å². The molecule has 0 saturated heterocycles. The predicted octanol–water partition coefficient (Wildman–Crippen LogP) is 1.74. The Morgan fingerprint density at radius 1 is 1.22 bits per heavy atom. The zero-order valence-electron chi connectivity index (χ0n) is 15.5. The van der Waals surface area contributed by atoms with E-state index in [0.29, 0.717) is 28.3 Å². The normalized spacial score (nSPS) is 10.5. The lowest BCUT2D eigenvalue weighted by Crippen LogP contribution is -2.21. The Bertz CT molecular complexity index is 1000. The molecular weight excluding hydrogens is 348 g/mol. The first-order chi connectivity index (χ1) is 13.0. The molecule has 140 valence electrons. The summed E-state index contributed by atoms with van der Waals surface area (Å²) in [6, 6.07) is 7.31. The smallest absolute Gasteiger partial charge is 0.260 e. The molecule has 0 aliphatic rings. The van der Waals surface area contributed by atoms with Gasteiger partial charge in [0.2, 0.25) is 0 Å². The fourth-order valence-electron chi connectivity index (χ4n) is 2.79. The molecule has 3 aromatic rings. The van der Waals surface area contributed by atoms with Crippen molar-refractivity contribution in [2.75, 3.05) is 19.5 Å². The van der Waals surface area contributed by atoms with Crippen molar-refractivity contribution in [3.8, 4) is 17.0 Å². The minimum atomic E-state index is -0.430. The Balaban J connectivity index is 1.99. The van der Waals surface area contributed by atoms with E-state index in [1.807, 2.05) is 18.2 Å². The Morgan fingerprint density at radius 3 is 2.67 bits per heavy atom. The number of para-hydroxylation sites is 1. The molecule has 0 aliphatic heterocycles. The SMILES string of the molecule is CNC(=O)c1c(NC(=O)c2cn(C)nc2-c2ccccc2OC)n[nH]c1C. The summed E-state index contributed by atoms with van der Waals surface area (Å²) in [5.74, 6) is -0.00746. The molecule has 2 aromatic heterocycles. The molecule has 2 heterocycles. The maximum absolute atomic E-state index is 12.9. The summed E-state index contributed by atoms with van der Waals surface area (Å²) < 4.78 is 6.93. The van der Waals surface area contributed by atoms with Crippen LogP contribution in [0.1, 0.15) is 26.4 Å². The molecule has 9 nitrogen and oxygen atoms in total. The van der Waals surface area contributed by atoms with E-state index in [1.165, 1.54) is 7.05 Å². The molecule has 0 radical (unpaired) electrons. The second-order valence-electron chi connectivity index (χ2n) is 5.87. The monoisotopic (exact) mass is 368 g/mol. The molecule has 3 N–H and O–H groups in total. The summed E-state index contributed by atoms with van der Waals surface area (Å²) in [7, 11) is 4.80. The number of methoxy groups -OCH3 is 1. The molecule has 9 heteroatoms. The van der Waals surface area contributed by atoms with Gasteiger partial charge in [0.15, 0.2) is 5.82 Å². The molecule has 3 rings (SSSR count). The van der Waals surface area contributed by atoms with Crippen molar-refractivity contribution in [1.82, 2.24) is 25.3 Å². The van der Waals surface area contributed by atoms with Crippen LogP contribution in [0.5, 0.6) is 5.75 Å². The van der Waals surface area contributed by atoms with Crippen molar-refractivity contribution >= 4 is 17.6 Å². The third-order valence-corrected chi connectivity index (χ3v) is 4.07. The number of rotatable bonds is 5. The van der Waals surface area contributed by atoms with E-state index in [9.17, 15) is 9.59 Å². The topological polar surface area (TPSA) is 114 Å². The van der Waals surface area contributed by atoms with Crippen LogP contribution in [-0.4, -0.2) is 45.9 Å². The summed E-state index contributed by atoms with van der Waals surface area (Å²) in [6.45, 7) is 1.71. The molecule has 0 aliphatic carbocycles.